The van der Waals surface area contributed by atoms with Crippen molar-refractivity contribution in [1.29, 1.82) is 0 Å². The van der Waals surface area contributed by atoms with Crippen LogP contribution in [0.15, 0.2) is 0 Å². The number of rotatable bonds is 4. The van der Waals surface area contributed by atoms with Gasteiger partial charge in [-0.15, -0.1) is 0 Å². The Morgan fingerprint density at radius 1 is 1.33 bits per heavy atom. The Kier molecular flexibility index (Phi) is 4.59. The van der Waals surface area contributed by atoms with E-state index in [0.29, 0.717) is 25.8 Å². The van der Waals surface area contributed by atoms with E-state index in [9.17, 15) is 4.79 Å². The third-order valence-electron chi connectivity index (χ3n) is 3.91. The Balaban J connectivity index is 1.73. The average molecular weight is 256 g/mol. The van der Waals surface area contributed by atoms with Gasteiger partial charge in [-0.3, -0.25) is 4.79 Å². The molecule has 2 heterocycles. The quantitative estimate of drug-likeness (QED) is 0.806. The van der Waals surface area contributed by atoms with Gasteiger partial charge in [-0.2, -0.15) is 0 Å². The van der Waals surface area contributed by atoms with Crippen molar-refractivity contribution >= 4 is 5.91 Å². The highest BCUT2D eigenvalue weighted by molar-refractivity contribution is 5.78. The average Bonchev–Trinajstić information content (AvgIpc) is 2.84. The fourth-order valence-corrected chi connectivity index (χ4v) is 2.40. The molecule has 1 unspecified atom stereocenters. The Morgan fingerprint density at radius 3 is 2.50 bits per heavy atom. The van der Waals surface area contributed by atoms with Gasteiger partial charge in [0, 0.05) is 32.0 Å². The second-order valence-electron chi connectivity index (χ2n) is 5.18. The van der Waals surface area contributed by atoms with Crippen LogP contribution in [0, 0.1) is 0 Å². The molecule has 1 spiro atoms. The van der Waals surface area contributed by atoms with E-state index in [4.69, 9.17) is 9.47 Å². The summed E-state index contributed by atoms with van der Waals surface area (Å²) in [5, 5.41) is 3.24. The van der Waals surface area contributed by atoms with Gasteiger partial charge in [0.05, 0.1) is 19.8 Å². The van der Waals surface area contributed by atoms with Crippen LogP contribution in [0.4, 0.5) is 0 Å². The maximum atomic E-state index is 12.0. The molecule has 0 saturated carbocycles. The SMILES string of the molecule is CCC(C)NCC(=O)N1CCC2(CC1)OCCO2. The van der Waals surface area contributed by atoms with Gasteiger partial charge in [0.2, 0.25) is 5.91 Å². The predicted molar refractivity (Wildman–Crippen MR) is 68.2 cm³/mol. The van der Waals surface area contributed by atoms with Crippen molar-refractivity contribution < 1.29 is 14.3 Å². The lowest BCUT2D eigenvalue weighted by Gasteiger charge is -2.37. The highest BCUT2D eigenvalue weighted by Crippen LogP contribution is 2.31. The normalized spacial score (nSPS) is 24.4. The molecule has 2 fully saturated rings. The van der Waals surface area contributed by atoms with E-state index < -0.39 is 0 Å². The number of amides is 1. The first-order valence-electron chi connectivity index (χ1n) is 6.94. The molecule has 1 atom stereocenters. The summed E-state index contributed by atoms with van der Waals surface area (Å²) < 4.78 is 11.3. The minimum Gasteiger partial charge on any atom is -0.347 e. The molecule has 2 saturated heterocycles. The van der Waals surface area contributed by atoms with Crippen molar-refractivity contribution in [3.05, 3.63) is 0 Å². The Labute approximate surface area is 109 Å². The predicted octanol–water partition coefficient (Wildman–Crippen LogP) is 0.740. The molecule has 2 aliphatic rings. The van der Waals surface area contributed by atoms with Crippen molar-refractivity contribution in [3.63, 3.8) is 0 Å². The van der Waals surface area contributed by atoms with E-state index >= 15 is 0 Å². The summed E-state index contributed by atoms with van der Waals surface area (Å²) in [6.45, 7) is 7.49. The third kappa shape index (κ3) is 3.22. The molecule has 104 valence electrons. The topological polar surface area (TPSA) is 50.8 Å². The Bertz CT molecular complexity index is 280. The summed E-state index contributed by atoms with van der Waals surface area (Å²) in [5.41, 5.74) is 0. The summed E-state index contributed by atoms with van der Waals surface area (Å²) in [4.78, 5) is 13.9. The molecule has 1 N–H and O–H groups in total. The number of carbonyl (C=O) groups excluding carboxylic acids is 1. The van der Waals surface area contributed by atoms with Gasteiger partial charge in [-0.1, -0.05) is 6.92 Å². The van der Waals surface area contributed by atoms with Gasteiger partial charge in [0.15, 0.2) is 5.79 Å². The number of hydrogen-bond acceptors (Lipinski definition) is 4. The van der Waals surface area contributed by atoms with Gasteiger partial charge in [0.25, 0.3) is 0 Å². The first kappa shape index (κ1) is 13.8. The van der Waals surface area contributed by atoms with Gasteiger partial charge in [-0.25, -0.2) is 0 Å². The number of ether oxygens (including phenoxy) is 2. The van der Waals surface area contributed by atoms with E-state index in [1.807, 2.05) is 4.90 Å². The minimum atomic E-state index is -0.388. The van der Waals surface area contributed by atoms with Crippen molar-refractivity contribution in [3.8, 4) is 0 Å². The molecule has 18 heavy (non-hydrogen) atoms. The molecule has 1 amide bonds. The Morgan fingerprint density at radius 2 is 1.94 bits per heavy atom. The number of likely N-dealkylation sites (tertiary alicyclic amines) is 1. The molecule has 0 radical (unpaired) electrons. The zero-order chi connectivity index (χ0) is 13.0. The molecule has 0 aromatic rings. The van der Waals surface area contributed by atoms with E-state index in [1.54, 1.807) is 0 Å². The smallest absolute Gasteiger partial charge is 0.236 e. The largest absolute Gasteiger partial charge is 0.347 e. The molecule has 5 heteroatoms. The summed E-state index contributed by atoms with van der Waals surface area (Å²) in [7, 11) is 0. The molecule has 0 aliphatic carbocycles. The van der Waals surface area contributed by atoms with E-state index in [1.165, 1.54) is 0 Å². The zero-order valence-corrected chi connectivity index (χ0v) is 11.4. The maximum absolute atomic E-state index is 12.0. The fourth-order valence-electron chi connectivity index (χ4n) is 2.40. The second-order valence-corrected chi connectivity index (χ2v) is 5.18. The highest BCUT2D eigenvalue weighted by atomic mass is 16.7. The molecular weight excluding hydrogens is 232 g/mol. The number of nitrogens with zero attached hydrogens (tertiary/aromatic N) is 1. The van der Waals surface area contributed by atoms with E-state index in [2.05, 4.69) is 19.2 Å². The molecule has 5 nitrogen and oxygen atoms in total. The Hall–Kier alpha value is -0.650. The number of nitrogens with one attached hydrogen (secondary N) is 1. The number of piperidine rings is 1. The van der Waals surface area contributed by atoms with Crippen molar-refractivity contribution in [2.24, 2.45) is 0 Å². The molecule has 2 aliphatic heterocycles. The van der Waals surface area contributed by atoms with Crippen LogP contribution in [0.1, 0.15) is 33.1 Å². The van der Waals surface area contributed by atoms with Gasteiger partial charge in [0.1, 0.15) is 0 Å². The molecule has 0 aromatic carbocycles. The molecule has 0 bridgehead atoms. The van der Waals surface area contributed by atoms with E-state index in [0.717, 1.165) is 32.4 Å². The summed E-state index contributed by atoms with van der Waals surface area (Å²) >= 11 is 0. The minimum absolute atomic E-state index is 0.183. The lowest BCUT2D eigenvalue weighted by atomic mass is 10.0. The van der Waals surface area contributed by atoms with Crippen LogP contribution in [-0.4, -0.2) is 55.5 Å². The highest BCUT2D eigenvalue weighted by Gasteiger charge is 2.40. The molecule has 0 aromatic heterocycles. The number of hydrogen-bond donors (Lipinski definition) is 1. The number of carbonyl (C=O) groups is 1. The first-order valence-corrected chi connectivity index (χ1v) is 6.94. The standard InChI is InChI=1S/C13H24N2O3/c1-3-11(2)14-10-12(16)15-6-4-13(5-7-15)17-8-9-18-13/h11,14H,3-10H2,1-2H3. The summed E-state index contributed by atoms with van der Waals surface area (Å²) in [6, 6.07) is 0.395. The van der Waals surface area contributed by atoms with Crippen molar-refractivity contribution in [2.75, 3.05) is 32.8 Å². The van der Waals surface area contributed by atoms with Crippen LogP contribution in [-0.2, 0) is 14.3 Å². The lowest BCUT2D eigenvalue weighted by molar-refractivity contribution is -0.187. The third-order valence-corrected chi connectivity index (χ3v) is 3.91. The van der Waals surface area contributed by atoms with Gasteiger partial charge < -0.3 is 19.7 Å². The maximum Gasteiger partial charge on any atom is 0.236 e. The summed E-state index contributed by atoms with van der Waals surface area (Å²) in [6.07, 6.45) is 2.63. The molecular formula is C13H24N2O3. The van der Waals surface area contributed by atoms with E-state index in [-0.39, 0.29) is 11.7 Å². The van der Waals surface area contributed by atoms with Gasteiger partial charge in [-0.05, 0) is 13.3 Å². The van der Waals surface area contributed by atoms with Crippen LogP contribution < -0.4 is 5.32 Å². The van der Waals surface area contributed by atoms with Crippen LogP contribution in [0.3, 0.4) is 0 Å². The lowest BCUT2D eigenvalue weighted by Crippen LogP contribution is -2.49. The van der Waals surface area contributed by atoms with Crippen molar-refractivity contribution in [2.45, 2.75) is 44.9 Å². The van der Waals surface area contributed by atoms with Crippen molar-refractivity contribution in [1.82, 2.24) is 10.2 Å². The van der Waals surface area contributed by atoms with Gasteiger partial charge >= 0.3 is 0 Å². The molecule has 2 rings (SSSR count). The first-order chi connectivity index (χ1) is 8.65. The van der Waals surface area contributed by atoms with Crippen LogP contribution in [0.2, 0.25) is 0 Å². The fraction of sp³-hybridized carbons (Fsp3) is 0.923. The van der Waals surface area contributed by atoms with Crippen LogP contribution >= 0.6 is 0 Å². The zero-order valence-electron chi connectivity index (χ0n) is 11.4. The second kappa shape index (κ2) is 5.99. The summed E-state index contributed by atoms with van der Waals surface area (Å²) in [5.74, 6) is -0.205. The van der Waals surface area contributed by atoms with Crippen LogP contribution in [0.5, 0.6) is 0 Å². The van der Waals surface area contributed by atoms with Crippen LogP contribution in [0.25, 0.3) is 0 Å². The monoisotopic (exact) mass is 256 g/mol.